The van der Waals surface area contributed by atoms with Crippen LogP contribution in [-0.4, -0.2) is 9.97 Å². The SMILES string of the molecule is Cc1nc(Cl)cc(NCc2ccc(C)s2)n1. The van der Waals surface area contributed by atoms with Crippen LogP contribution in [0.25, 0.3) is 0 Å². The summed E-state index contributed by atoms with van der Waals surface area (Å²) in [6.07, 6.45) is 0. The van der Waals surface area contributed by atoms with Crippen LogP contribution < -0.4 is 5.32 Å². The first kappa shape index (κ1) is 11.4. The van der Waals surface area contributed by atoms with Crippen molar-refractivity contribution in [2.75, 3.05) is 5.32 Å². The van der Waals surface area contributed by atoms with Gasteiger partial charge in [0.1, 0.15) is 16.8 Å². The molecule has 0 saturated heterocycles. The molecule has 0 unspecified atom stereocenters. The van der Waals surface area contributed by atoms with Gasteiger partial charge in [-0.3, -0.25) is 0 Å². The number of nitrogens with one attached hydrogen (secondary N) is 1. The van der Waals surface area contributed by atoms with Crippen molar-refractivity contribution < 1.29 is 0 Å². The van der Waals surface area contributed by atoms with Gasteiger partial charge in [0, 0.05) is 15.8 Å². The van der Waals surface area contributed by atoms with E-state index in [1.165, 1.54) is 9.75 Å². The Kier molecular flexibility index (Phi) is 3.41. The van der Waals surface area contributed by atoms with Crippen molar-refractivity contribution >= 4 is 28.8 Å². The first-order valence-electron chi connectivity index (χ1n) is 4.94. The van der Waals surface area contributed by atoms with Gasteiger partial charge in [0.25, 0.3) is 0 Å². The van der Waals surface area contributed by atoms with Crippen LogP contribution >= 0.6 is 22.9 Å². The fourth-order valence-electron chi connectivity index (χ4n) is 1.38. The standard InChI is InChI=1S/C11H12ClN3S/c1-7-3-4-9(16-7)6-13-11-5-10(12)14-8(2)15-11/h3-5H,6H2,1-2H3,(H,13,14,15). The van der Waals surface area contributed by atoms with E-state index in [1.54, 1.807) is 17.4 Å². The van der Waals surface area contributed by atoms with Crippen LogP contribution in [0, 0.1) is 13.8 Å². The summed E-state index contributed by atoms with van der Waals surface area (Å²) < 4.78 is 0. The molecule has 0 spiro atoms. The van der Waals surface area contributed by atoms with Crippen LogP contribution in [0.4, 0.5) is 5.82 Å². The third-order valence-electron chi connectivity index (χ3n) is 2.05. The van der Waals surface area contributed by atoms with Gasteiger partial charge in [-0.15, -0.1) is 11.3 Å². The van der Waals surface area contributed by atoms with Gasteiger partial charge in [-0.05, 0) is 26.0 Å². The summed E-state index contributed by atoms with van der Waals surface area (Å²) in [6.45, 7) is 4.69. The maximum absolute atomic E-state index is 5.85. The summed E-state index contributed by atoms with van der Waals surface area (Å²) in [7, 11) is 0. The molecule has 0 aliphatic rings. The summed E-state index contributed by atoms with van der Waals surface area (Å²) in [5.74, 6) is 1.45. The van der Waals surface area contributed by atoms with Gasteiger partial charge in [-0.1, -0.05) is 11.6 Å². The van der Waals surface area contributed by atoms with Crippen molar-refractivity contribution in [2.24, 2.45) is 0 Å². The van der Waals surface area contributed by atoms with E-state index in [4.69, 9.17) is 11.6 Å². The molecule has 0 bridgehead atoms. The van der Waals surface area contributed by atoms with Crippen molar-refractivity contribution in [3.8, 4) is 0 Å². The largest absolute Gasteiger partial charge is 0.365 e. The monoisotopic (exact) mass is 253 g/mol. The predicted octanol–water partition coefficient (Wildman–Crippen LogP) is 3.42. The van der Waals surface area contributed by atoms with Gasteiger partial charge >= 0.3 is 0 Å². The molecule has 0 radical (unpaired) electrons. The topological polar surface area (TPSA) is 37.8 Å². The molecule has 0 amide bonds. The molecular weight excluding hydrogens is 242 g/mol. The highest BCUT2D eigenvalue weighted by Gasteiger charge is 2.01. The molecule has 2 heterocycles. The quantitative estimate of drug-likeness (QED) is 0.852. The molecule has 2 rings (SSSR count). The highest BCUT2D eigenvalue weighted by Crippen LogP contribution is 2.17. The van der Waals surface area contributed by atoms with Gasteiger partial charge in [-0.2, -0.15) is 0 Å². The second-order valence-electron chi connectivity index (χ2n) is 3.49. The first-order valence-corrected chi connectivity index (χ1v) is 6.13. The van der Waals surface area contributed by atoms with Crippen LogP contribution in [0.15, 0.2) is 18.2 Å². The lowest BCUT2D eigenvalue weighted by atomic mass is 10.4. The van der Waals surface area contributed by atoms with Gasteiger partial charge in [-0.25, -0.2) is 9.97 Å². The van der Waals surface area contributed by atoms with E-state index in [2.05, 4.69) is 34.3 Å². The van der Waals surface area contributed by atoms with Crippen molar-refractivity contribution in [3.05, 3.63) is 38.9 Å². The van der Waals surface area contributed by atoms with Crippen molar-refractivity contribution in [1.82, 2.24) is 9.97 Å². The fraction of sp³-hybridized carbons (Fsp3) is 0.273. The maximum atomic E-state index is 5.85. The zero-order chi connectivity index (χ0) is 11.5. The molecule has 2 aromatic heterocycles. The molecule has 0 fully saturated rings. The van der Waals surface area contributed by atoms with E-state index in [9.17, 15) is 0 Å². The number of halogens is 1. The molecule has 0 aliphatic heterocycles. The Morgan fingerprint density at radius 2 is 2.12 bits per heavy atom. The van der Waals surface area contributed by atoms with Crippen molar-refractivity contribution in [3.63, 3.8) is 0 Å². The molecule has 2 aromatic rings. The average Bonchev–Trinajstić information content (AvgIpc) is 2.60. The second kappa shape index (κ2) is 4.80. The van der Waals surface area contributed by atoms with E-state index in [1.807, 2.05) is 6.92 Å². The van der Waals surface area contributed by atoms with Gasteiger partial charge in [0.15, 0.2) is 0 Å². The minimum atomic E-state index is 0.470. The molecule has 5 heteroatoms. The third kappa shape index (κ3) is 2.93. The van der Waals surface area contributed by atoms with E-state index < -0.39 is 0 Å². The van der Waals surface area contributed by atoms with Crippen LogP contribution in [-0.2, 0) is 6.54 Å². The predicted molar refractivity (Wildman–Crippen MR) is 68.2 cm³/mol. The van der Waals surface area contributed by atoms with Crippen LogP contribution in [0.3, 0.4) is 0 Å². The second-order valence-corrected chi connectivity index (χ2v) is 5.25. The summed E-state index contributed by atoms with van der Waals surface area (Å²) in [6, 6.07) is 5.96. The zero-order valence-electron chi connectivity index (χ0n) is 9.12. The van der Waals surface area contributed by atoms with Crippen LogP contribution in [0.1, 0.15) is 15.6 Å². The highest BCUT2D eigenvalue weighted by atomic mass is 35.5. The van der Waals surface area contributed by atoms with Crippen molar-refractivity contribution in [2.45, 2.75) is 20.4 Å². The number of hydrogen-bond donors (Lipinski definition) is 1. The molecule has 0 aliphatic carbocycles. The first-order chi connectivity index (χ1) is 7.63. The molecule has 3 nitrogen and oxygen atoms in total. The average molecular weight is 254 g/mol. The lowest BCUT2D eigenvalue weighted by molar-refractivity contribution is 1.03. The van der Waals surface area contributed by atoms with Crippen LogP contribution in [0.5, 0.6) is 0 Å². The Labute approximate surface area is 104 Å². The smallest absolute Gasteiger partial charge is 0.134 e. The molecule has 0 aromatic carbocycles. The molecular formula is C11H12ClN3S. The maximum Gasteiger partial charge on any atom is 0.134 e. The minimum absolute atomic E-state index is 0.470. The summed E-state index contributed by atoms with van der Waals surface area (Å²) >= 11 is 7.62. The molecule has 0 saturated carbocycles. The number of hydrogen-bond acceptors (Lipinski definition) is 4. The Morgan fingerprint density at radius 3 is 2.75 bits per heavy atom. The molecule has 84 valence electrons. The Hall–Kier alpha value is -1.13. The lowest BCUT2D eigenvalue weighted by Gasteiger charge is -2.04. The van der Waals surface area contributed by atoms with Gasteiger partial charge in [0.05, 0.1) is 6.54 Å². The number of rotatable bonds is 3. The summed E-state index contributed by atoms with van der Waals surface area (Å²) in [5, 5.41) is 3.70. The van der Waals surface area contributed by atoms with E-state index in [-0.39, 0.29) is 0 Å². The third-order valence-corrected chi connectivity index (χ3v) is 3.24. The van der Waals surface area contributed by atoms with E-state index in [0.29, 0.717) is 11.0 Å². The number of nitrogens with zero attached hydrogens (tertiary/aromatic N) is 2. The number of aryl methyl sites for hydroxylation is 2. The fourth-order valence-corrected chi connectivity index (χ4v) is 2.44. The zero-order valence-corrected chi connectivity index (χ0v) is 10.7. The number of aromatic nitrogens is 2. The number of thiophene rings is 1. The van der Waals surface area contributed by atoms with Gasteiger partial charge in [0.2, 0.25) is 0 Å². The normalized spacial score (nSPS) is 10.4. The lowest BCUT2D eigenvalue weighted by Crippen LogP contribution is -2.01. The molecule has 16 heavy (non-hydrogen) atoms. The summed E-state index contributed by atoms with van der Waals surface area (Å²) in [5.41, 5.74) is 0. The molecule has 1 N–H and O–H groups in total. The van der Waals surface area contributed by atoms with Gasteiger partial charge < -0.3 is 5.32 Å². The Bertz CT molecular complexity index is 475. The van der Waals surface area contributed by atoms with Crippen LogP contribution in [0.2, 0.25) is 5.15 Å². The van der Waals surface area contributed by atoms with E-state index >= 15 is 0 Å². The number of anilines is 1. The molecule has 0 atom stereocenters. The highest BCUT2D eigenvalue weighted by molar-refractivity contribution is 7.11. The Balaban J connectivity index is 2.04. The Morgan fingerprint density at radius 1 is 1.31 bits per heavy atom. The van der Waals surface area contributed by atoms with Crippen molar-refractivity contribution in [1.29, 1.82) is 0 Å². The summed E-state index contributed by atoms with van der Waals surface area (Å²) in [4.78, 5) is 10.9. The minimum Gasteiger partial charge on any atom is -0.365 e. The van der Waals surface area contributed by atoms with E-state index in [0.717, 1.165) is 12.4 Å².